The molecule has 1 aliphatic rings. The molecule has 2 aromatic heterocycles. The molecule has 3 heterocycles. The lowest BCUT2D eigenvalue weighted by Crippen LogP contribution is -2.37. The van der Waals surface area contributed by atoms with Crippen LogP contribution in [0, 0.1) is 6.92 Å². The number of amides is 1. The van der Waals surface area contributed by atoms with Gasteiger partial charge in [0.2, 0.25) is 0 Å². The Kier molecular flexibility index (Phi) is 5.55. The molecule has 8 nitrogen and oxygen atoms in total. The van der Waals surface area contributed by atoms with Crippen molar-refractivity contribution >= 4 is 18.0 Å². The second-order valence-electron chi connectivity index (χ2n) is 6.97. The summed E-state index contributed by atoms with van der Waals surface area (Å²) in [7, 11) is 3.90. The molecule has 144 valence electrons. The van der Waals surface area contributed by atoms with E-state index in [9.17, 15) is 9.59 Å². The Hall–Kier alpha value is -2.74. The van der Waals surface area contributed by atoms with Crippen LogP contribution < -0.4 is 10.2 Å². The van der Waals surface area contributed by atoms with E-state index in [1.54, 1.807) is 18.6 Å². The molecule has 1 aliphatic heterocycles. The maximum absolute atomic E-state index is 12.5. The number of anilines is 1. The van der Waals surface area contributed by atoms with Crippen molar-refractivity contribution in [2.24, 2.45) is 0 Å². The fourth-order valence-corrected chi connectivity index (χ4v) is 3.34. The first-order valence-corrected chi connectivity index (χ1v) is 8.96. The van der Waals surface area contributed by atoms with E-state index in [0.717, 1.165) is 28.9 Å². The third kappa shape index (κ3) is 4.00. The predicted octanol–water partition coefficient (Wildman–Crippen LogP) is 1.63. The Balaban J connectivity index is 1.65. The summed E-state index contributed by atoms with van der Waals surface area (Å²) in [5, 5.41) is 2.76. The number of nitrogens with one attached hydrogen (secondary N) is 1. The standard InChI is InChI=1S/C19H25N5O3/c1-12-19(23(3)4)24(11-21-12)6-5-15(9-25)22-18(26)17-7-16-13(2)27-10-14(16)8-20-17/h7-9,11,13,15H,5-6,10H2,1-4H3,(H,22,26). The number of hydrogen-bond donors (Lipinski definition) is 1. The molecule has 2 aromatic rings. The van der Waals surface area contributed by atoms with Gasteiger partial charge in [0.1, 0.15) is 17.8 Å². The molecular weight excluding hydrogens is 346 g/mol. The lowest BCUT2D eigenvalue weighted by molar-refractivity contribution is -0.109. The zero-order chi connectivity index (χ0) is 19.6. The van der Waals surface area contributed by atoms with E-state index in [1.165, 1.54) is 0 Å². The van der Waals surface area contributed by atoms with E-state index < -0.39 is 6.04 Å². The molecular formula is C19H25N5O3. The normalized spacial score (nSPS) is 16.7. The lowest BCUT2D eigenvalue weighted by atomic mass is 10.1. The monoisotopic (exact) mass is 371 g/mol. The summed E-state index contributed by atoms with van der Waals surface area (Å²) in [4.78, 5) is 34.5. The molecule has 0 aromatic carbocycles. The summed E-state index contributed by atoms with van der Waals surface area (Å²) < 4.78 is 7.52. The third-order valence-electron chi connectivity index (χ3n) is 4.75. The summed E-state index contributed by atoms with van der Waals surface area (Å²) in [5.74, 6) is 0.629. The fraction of sp³-hybridized carbons (Fsp3) is 0.474. The van der Waals surface area contributed by atoms with Crippen molar-refractivity contribution < 1.29 is 14.3 Å². The Bertz CT molecular complexity index is 846. The van der Waals surface area contributed by atoms with E-state index >= 15 is 0 Å². The van der Waals surface area contributed by atoms with Crippen LogP contribution in [0.4, 0.5) is 5.82 Å². The molecule has 3 rings (SSSR count). The molecule has 1 N–H and O–H groups in total. The maximum atomic E-state index is 12.5. The van der Waals surface area contributed by atoms with E-state index in [1.807, 2.05) is 37.4 Å². The van der Waals surface area contributed by atoms with E-state index in [4.69, 9.17) is 4.74 Å². The minimum atomic E-state index is -0.598. The van der Waals surface area contributed by atoms with Crippen molar-refractivity contribution in [3.63, 3.8) is 0 Å². The number of pyridine rings is 1. The molecule has 0 aliphatic carbocycles. The highest BCUT2D eigenvalue weighted by molar-refractivity contribution is 5.94. The van der Waals surface area contributed by atoms with Crippen LogP contribution in [0.1, 0.15) is 46.8 Å². The van der Waals surface area contributed by atoms with Crippen LogP contribution in [0.25, 0.3) is 0 Å². The van der Waals surface area contributed by atoms with Gasteiger partial charge in [-0.25, -0.2) is 4.98 Å². The van der Waals surface area contributed by atoms with Crippen molar-refractivity contribution in [1.29, 1.82) is 0 Å². The van der Waals surface area contributed by atoms with E-state index in [0.29, 0.717) is 25.3 Å². The van der Waals surface area contributed by atoms with Gasteiger partial charge in [-0.1, -0.05) is 0 Å². The van der Waals surface area contributed by atoms with Gasteiger partial charge in [-0.3, -0.25) is 9.78 Å². The van der Waals surface area contributed by atoms with Crippen molar-refractivity contribution in [3.8, 4) is 0 Å². The second-order valence-corrected chi connectivity index (χ2v) is 6.97. The predicted molar refractivity (Wildman–Crippen MR) is 101 cm³/mol. The topological polar surface area (TPSA) is 89.3 Å². The summed E-state index contributed by atoms with van der Waals surface area (Å²) in [6.45, 7) is 4.97. The molecule has 0 radical (unpaired) electrons. The summed E-state index contributed by atoms with van der Waals surface area (Å²) >= 11 is 0. The van der Waals surface area contributed by atoms with Gasteiger partial charge >= 0.3 is 0 Å². The van der Waals surface area contributed by atoms with Crippen molar-refractivity contribution in [1.82, 2.24) is 19.9 Å². The summed E-state index contributed by atoms with van der Waals surface area (Å²) in [5.41, 5.74) is 3.19. The largest absolute Gasteiger partial charge is 0.369 e. The molecule has 0 bridgehead atoms. The third-order valence-corrected chi connectivity index (χ3v) is 4.75. The highest BCUT2D eigenvalue weighted by atomic mass is 16.5. The minimum absolute atomic E-state index is 0.0506. The van der Waals surface area contributed by atoms with Crippen molar-refractivity contribution in [3.05, 3.63) is 41.1 Å². The zero-order valence-corrected chi connectivity index (χ0v) is 16.1. The molecule has 2 atom stereocenters. The number of fused-ring (bicyclic) bond motifs is 1. The first kappa shape index (κ1) is 19.0. The highest BCUT2D eigenvalue weighted by Crippen LogP contribution is 2.29. The average molecular weight is 371 g/mol. The number of carbonyl (C=O) groups is 2. The number of nitrogens with zero attached hydrogens (tertiary/aromatic N) is 4. The number of imidazole rings is 1. The van der Waals surface area contributed by atoms with Crippen LogP contribution in [-0.4, -0.2) is 46.9 Å². The average Bonchev–Trinajstić information content (AvgIpc) is 3.20. The SMILES string of the molecule is Cc1ncn(CCC(C=O)NC(=O)c2cc3c(cn2)COC3C)c1N(C)C. The number of aromatic nitrogens is 3. The first-order valence-electron chi connectivity index (χ1n) is 8.96. The smallest absolute Gasteiger partial charge is 0.270 e. The van der Waals surface area contributed by atoms with E-state index in [-0.39, 0.29) is 12.0 Å². The Labute approximate surface area is 158 Å². The molecule has 0 saturated carbocycles. The highest BCUT2D eigenvalue weighted by Gasteiger charge is 2.22. The quantitative estimate of drug-likeness (QED) is 0.744. The number of carbonyl (C=O) groups excluding carboxylic acids is 2. The van der Waals surface area contributed by atoms with Gasteiger partial charge in [-0.05, 0) is 31.9 Å². The van der Waals surface area contributed by atoms with Crippen molar-refractivity contribution in [2.75, 3.05) is 19.0 Å². The number of hydrogen-bond acceptors (Lipinski definition) is 6. The van der Waals surface area contributed by atoms with Gasteiger partial charge in [0.15, 0.2) is 0 Å². The number of aldehydes is 1. The molecule has 0 saturated heterocycles. The van der Waals surface area contributed by atoms with Gasteiger partial charge in [-0.2, -0.15) is 0 Å². The zero-order valence-electron chi connectivity index (χ0n) is 16.1. The van der Waals surface area contributed by atoms with Gasteiger partial charge in [-0.15, -0.1) is 0 Å². The fourth-order valence-electron chi connectivity index (χ4n) is 3.34. The molecule has 2 unspecified atom stereocenters. The van der Waals surface area contributed by atoms with Crippen LogP contribution in [0.15, 0.2) is 18.6 Å². The van der Waals surface area contributed by atoms with Crippen molar-refractivity contribution in [2.45, 2.75) is 45.6 Å². The van der Waals surface area contributed by atoms with Crippen LogP contribution in [0.3, 0.4) is 0 Å². The number of aryl methyl sites for hydroxylation is 2. The van der Waals surface area contributed by atoms with Gasteiger partial charge in [0.05, 0.1) is 30.8 Å². The number of ether oxygens (including phenoxy) is 1. The van der Waals surface area contributed by atoms with Gasteiger partial charge < -0.3 is 24.3 Å². The van der Waals surface area contributed by atoms with Gasteiger partial charge in [0.25, 0.3) is 5.91 Å². The second kappa shape index (κ2) is 7.87. The van der Waals surface area contributed by atoms with Crippen LogP contribution in [0.2, 0.25) is 0 Å². The van der Waals surface area contributed by atoms with Gasteiger partial charge in [0, 0.05) is 32.4 Å². The molecule has 8 heteroatoms. The lowest BCUT2D eigenvalue weighted by Gasteiger charge is -2.18. The Morgan fingerprint density at radius 3 is 2.96 bits per heavy atom. The molecule has 0 spiro atoms. The molecule has 0 fully saturated rings. The van der Waals surface area contributed by atoms with Crippen LogP contribution in [-0.2, 0) is 22.7 Å². The van der Waals surface area contributed by atoms with Crippen LogP contribution in [0.5, 0.6) is 0 Å². The molecule has 1 amide bonds. The molecule has 27 heavy (non-hydrogen) atoms. The minimum Gasteiger partial charge on any atom is -0.369 e. The Morgan fingerprint density at radius 2 is 2.26 bits per heavy atom. The van der Waals surface area contributed by atoms with E-state index in [2.05, 4.69) is 15.3 Å². The first-order chi connectivity index (χ1) is 12.9. The Morgan fingerprint density at radius 1 is 1.48 bits per heavy atom. The summed E-state index contributed by atoms with van der Waals surface area (Å²) in [6.07, 6.45) is 4.59. The summed E-state index contributed by atoms with van der Waals surface area (Å²) in [6, 6.07) is 1.15. The maximum Gasteiger partial charge on any atom is 0.270 e. The number of rotatable bonds is 7. The van der Waals surface area contributed by atoms with Crippen LogP contribution >= 0.6 is 0 Å².